The number of hydrogen-bond acceptors (Lipinski definition) is 5. The van der Waals surface area contributed by atoms with Crippen molar-refractivity contribution < 1.29 is 17.8 Å². The number of carbonyl (C=O) groups excluding carboxylic acids is 1. The van der Waals surface area contributed by atoms with Crippen molar-refractivity contribution in [3.63, 3.8) is 0 Å². The third-order valence-electron chi connectivity index (χ3n) is 3.23. The minimum absolute atomic E-state index is 0.0278. The van der Waals surface area contributed by atoms with E-state index in [-0.39, 0.29) is 4.90 Å². The number of hydrogen-bond donors (Lipinski definition) is 2. The molecule has 0 atom stereocenters. The lowest BCUT2D eigenvalue weighted by atomic mass is 10.1. The summed E-state index contributed by atoms with van der Waals surface area (Å²) < 4.78 is 29.9. The summed E-state index contributed by atoms with van der Waals surface area (Å²) in [5.41, 5.74) is 1.89. The molecule has 3 rings (SSSR count). The normalized spacial score (nSPS) is 18.1. The first-order valence-electron chi connectivity index (χ1n) is 6.53. The van der Waals surface area contributed by atoms with Crippen molar-refractivity contribution in [3.05, 3.63) is 40.3 Å². The van der Waals surface area contributed by atoms with Crippen molar-refractivity contribution in [2.24, 2.45) is 0 Å². The van der Waals surface area contributed by atoms with Crippen LogP contribution in [0.3, 0.4) is 0 Å². The first kappa shape index (κ1) is 16.2. The van der Waals surface area contributed by atoms with Crippen LogP contribution in [0.5, 0.6) is 0 Å². The molecule has 1 aromatic rings. The van der Waals surface area contributed by atoms with Gasteiger partial charge in [-0.3, -0.25) is 9.35 Å². The molecule has 0 fully saturated rings. The Kier molecular flexibility index (Phi) is 5.21. The summed E-state index contributed by atoms with van der Waals surface area (Å²) >= 11 is 1.45. The van der Waals surface area contributed by atoms with Gasteiger partial charge in [0.05, 0.1) is 4.90 Å². The molecule has 0 bridgehead atoms. The van der Waals surface area contributed by atoms with Crippen molar-refractivity contribution in [1.82, 2.24) is 5.32 Å². The number of thioether (sulfide) groups is 1. The fraction of sp³-hybridized carbons (Fsp3) is 0.357. The highest BCUT2D eigenvalue weighted by Gasteiger charge is 2.23. The van der Waals surface area contributed by atoms with Crippen LogP contribution in [0, 0.1) is 6.92 Å². The molecule has 7 heteroatoms. The van der Waals surface area contributed by atoms with Gasteiger partial charge in [-0.1, -0.05) is 30.0 Å². The number of rotatable bonds is 1. The first-order valence-corrected chi connectivity index (χ1v) is 8.79. The van der Waals surface area contributed by atoms with E-state index in [1.165, 1.54) is 28.3 Å². The van der Waals surface area contributed by atoms with E-state index in [1.54, 1.807) is 25.1 Å². The SMILES string of the molecule is Cc1ccccc1S(=O)(=O)O.O=C1CC2=C(CCNC2)S1. The van der Waals surface area contributed by atoms with Crippen LogP contribution in [0.2, 0.25) is 0 Å². The Morgan fingerprint density at radius 2 is 2.00 bits per heavy atom. The van der Waals surface area contributed by atoms with E-state index in [2.05, 4.69) is 5.32 Å². The number of nitrogens with one attached hydrogen (secondary N) is 1. The Balaban J connectivity index is 0.000000154. The van der Waals surface area contributed by atoms with Crippen LogP contribution >= 0.6 is 11.8 Å². The second kappa shape index (κ2) is 6.74. The predicted molar refractivity (Wildman–Crippen MR) is 82.7 cm³/mol. The average Bonchev–Trinajstić information content (AvgIpc) is 2.78. The minimum Gasteiger partial charge on any atom is -0.313 e. The van der Waals surface area contributed by atoms with Crippen molar-refractivity contribution in [2.75, 3.05) is 13.1 Å². The lowest BCUT2D eigenvalue weighted by Gasteiger charge is -2.12. The van der Waals surface area contributed by atoms with Gasteiger partial charge in [0, 0.05) is 13.0 Å². The zero-order valence-corrected chi connectivity index (χ0v) is 13.3. The predicted octanol–water partition coefficient (Wildman–Crippen LogP) is 2.14. The summed E-state index contributed by atoms with van der Waals surface area (Å²) in [6.07, 6.45) is 1.75. The quantitative estimate of drug-likeness (QED) is 0.769. The van der Waals surface area contributed by atoms with Crippen molar-refractivity contribution in [1.29, 1.82) is 0 Å². The summed E-state index contributed by atoms with van der Waals surface area (Å²) in [5.74, 6) is 0. The monoisotopic (exact) mass is 327 g/mol. The van der Waals surface area contributed by atoms with Gasteiger partial charge in [0.15, 0.2) is 5.12 Å². The highest BCUT2D eigenvalue weighted by Crippen LogP contribution is 2.35. The second-order valence-electron chi connectivity index (χ2n) is 4.84. The molecule has 0 amide bonds. The Morgan fingerprint density at radius 3 is 2.57 bits per heavy atom. The van der Waals surface area contributed by atoms with Crippen molar-refractivity contribution in [3.8, 4) is 0 Å². The van der Waals surface area contributed by atoms with E-state index in [4.69, 9.17) is 4.55 Å². The van der Waals surface area contributed by atoms with Gasteiger partial charge < -0.3 is 5.32 Å². The van der Waals surface area contributed by atoms with E-state index in [1.807, 2.05) is 0 Å². The lowest BCUT2D eigenvalue weighted by Crippen LogP contribution is -2.22. The van der Waals surface area contributed by atoms with Crippen LogP contribution in [0.25, 0.3) is 0 Å². The van der Waals surface area contributed by atoms with Crippen LogP contribution < -0.4 is 5.32 Å². The van der Waals surface area contributed by atoms with E-state index in [0.29, 0.717) is 17.1 Å². The lowest BCUT2D eigenvalue weighted by molar-refractivity contribution is -0.110. The van der Waals surface area contributed by atoms with Crippen molar-refractivity contribution in [2.45, 2.75) is 24.7 Å². The Morgan fingerprint density at radius 1 is 1.29 bits per heavy atom. The zero-order valence-electron chi connectivity index (χ0n) is 11.6. The molecule has 0 radical (unpaired) electrons. The Hall–Kier alpha value is -1.15. The summed E-state index contributed by atoms with van der Waals surface area (Å²) in [7, 11) is -4.03. The van der Waals surface area contributed by atoms with E-state index in [9.17, 15) is 13.2 Å². The van der Waals surface area contributed by atoms with Crippen LogP contribution in [0.1, 0.15) is 18.4 Å². The third kappa shape index (κ3) is 4.41. The van der Waals surface area contributed by atoms with Crippen LogP contribution in [0.4, 0.5) is 0 Å². The van der Waals surface area contributed by atoms with Gasteiger partial charge in [0.2, 0.25) is 0 Å². The molecule has 0 saturated heterocycles. The smallest absolute Gasteiger partial charge is 0.294 e. The topological polar surface area (TPSA) is 83.5 Å². The molecule has 0 aromatic heterocycles. The van der Waals surface area contributed by atoms with Gasteiger partial charge >= 0.3 is 0 Å². The molecule has 0 aliphatic carbocycles. The van der Waals surface area contributed by atoms with E-state index < -0.39 is 10.1 Å². The molecule has 5 nitrogen and oxygen atoms in total. The average molecular weight is 327 g/mol. The molecule has 114 valence electrons. The van der Waals surface area contributed by atoms with Crippen LogP contribution in [-0.4, -0.2) is 31.2 Å². The van der Waals surface area contributed by atoms with Gasteiger partial charge in [0.25, 0.3) is 10.1 Å². The maximum atomic E-state index is 10.9. The highest BCUT2D eigenvalue weighted by molar-refractivity contribution is 8.17. The molecule has 1 aromatic carbocycles. The number of aryl methyl sites for hydroxylation is 1. The van der Waals surface area contributed by atoms with Crippen LogP contribution in [-0.2, 0) is 14.9 Å². The summed E-state index contributed by atoms with van der Waals surface area (Å²) in [5, 5.41) is 3.58. The number of carbonyl (C=O) groups is 1. The molecule has 2 aliphatic rings. The van der Waals surface area contributed by atoms with E-state index in [0.717, 1.165) is 19.5 Å². The van der Waals surface area contributed by atoms with Gasteiger partial charge in [-0.05, 0) is 42.0 Å². The molecule has 0 spiro atoms. The molecular weight excluding hydrogens is 310 g/mol. The standard InChI is InChI=1S/C7H9NOS.C7H8O3S/c9-7-3-5-4-8-2-1-6(5)10-7;1-6-4-2-3-5-7(6)11(8,9)10/h8H,1-4H2;2-5H,1H3,(H,8,9,10). The molecule has 0 saturated carbocycles. The molecule has 21 heavy (non-hydrogen) atoms. The van der Waals surface area contributed by atoms with Gasteiger partial charge in [-0.15, -0.1) is 0 Å². The maximum absolute atomic E-state index is 10.9. The molecule has 2 aliphatic heterocycles. The molecule has 2 heterocycles. The molecule has 2 N–H and O–H groups in total. The third-order valence-corrected chi connectivity index (χ3v) is 5.35. The fourth-order valence-corrected chi connectivity index (χ4v) is 3.93. The Bertz CT molecular complexity index is 660. The van der Waals surface area contributed by atoms with Gasteiger partial charge in [0.1, 0.15) is 0 Å². The van der Waals surface area contributed by atoms with Crippen molar-refractivity contribution >= 4 is 27.0 Å². The maximum Gasteiger partial charge on any atom is 0.294 e. The zero-order chi connectivity index (χ0) is 15.5. The van der Waals surface area contributed by atoms with E-state index >= 15 is 0 Å². The highest BCUT2D eigenvalue weighted by atomic mass is 32.2. The van der Waals surface area contributed by atoms with Crippen LogP contribution in [0.15, 0.2) is 39.6 Å². The fourth-order valence-electron chi connectivity index (χ4n) is 2.19. The second-order valence-corrected chi connectivity index (χ2v) is 7.39. The minimum atomic E-state index is -4.03. The summed E-state index contributed by atoms with van der Waals surface area (Å²) in [6.45, 7) is 3.61. The summed E-state index contributed by atoms with van der Waals surface area (Å²) in [6, 6.07) is 6.27. The Labute approximate surface area is 128 Å². The number of benzene rings is 1. The molecular formula is C14H17NO4S2. The summed E-state index contributed by atoms with van der Waals surface area (Å²) in [4.78, 5) is 12.2. The van der Waals surface area contributed by atoms with Gasteiger partial charge in [-0.2, -0.15) is 8.42 Å². The first-order chi connectivity index (χ1) is 9.88. The van der Waals surface area contributed by atoms with Gasteiger partial charge in [-0.25, -0.2) is 0 Å². The molecule has 0 unspecified atom stereocenters. The largest absolute Gasteiger partial charge is 0.313 e.